The fourth-order valence-corrected chi connectivity index (χ4v) is 2.19. The van der Waals surface area contributed by atoms with Gasteiger partial charge in [0.15, 0.2) is 0 Å². The maximum Gasteiger partial charge on any atom is 0.257 e. The van der Waals surface area contributed by atoms with Crippen molar-refractivity contribution >= 4 is 0 Å². The van der Waals surface area contributed by atoms with Gasteiger partial charge in [0.25, 0.3) is 5.89 Å². The molecule has 0 unspecified atom stereocenters. The zero-order valence-electron chi connectivity index (χ0n) is 10.9. The van der Waals surface area contributed by atoms with Crippen LogP contribution in [0.1, 0.15) is 18.9 Å². The van der Waals surface area contributed by atoms with Crippen LogP contribution in [0.5, 0.6) is 0 Å². The van der Waals surface area contributed by atoms with Gasteiger partial charge in [0.1, 0.15) is 18.1 Å². The number of rotatable bonds is 2. The molecule has 100 valence electrons. The predicted molar refractivity (Wildman–Crippen MR) is 66.1 cm³/mol. The summed E-state index contributed by atoms with van der Waals surface area (Å²) in [6, 6.07) is 1.74. The number of nitrogens with zero attached hydrogens (tertiary/aromatic N) is 5. The smallest absolute Gasteiger partial charge is 0.257 e. The van der Waals surface area contributed by atoms with E-state index in [0.29, 0.717) is 17.4 Å². The topological polar surface area (TPSA) is 77.2 Å². The highest BCUT2D eigenvalue weighted by atomic mass is 16.5. The van der Waals surface area contributed by atoms with E-state index in [-0.39, 0.29) is 12.2 Å². The van der Waals surface area contributed by atoms with Gasteiger partial charge in [0.2, 0.25) is 5.82 Å². The van der Waals surface area contributed by atoms with Gasteiger partial charge in [-0.1, -0.05) is 5.16 Å². The summed E-state index contributed by atoms with van der Waals surface area (Å²) in [5.74, 6) is 0.953. The van der Waals surface area contributed by atoms with Gasteiger partial charge in [0.05, 0.1) is 6.10 Å². The number of hydrogen-bond acceptors (Lipinski definition) is 7. The van der Waals surface area contributed by atoms with Crippen molar-refractivity contribution in [1.29, 1.82) is 0 Å². The molecule has 1 fully saturated rings. The van der Waals surface area contributed by atoms with E-state index >= 15 is 0 Å². The number of hydrogen-bond donors (Lipinski definition) is 0. The molecule has 19 heavy (non-hydrogen) atoms. The minimum Gasteiger partial charge on any atom is -0.363 e. The van der Waals surface area contributed by atoms with Crippen LogP contribution in [0.4, 0.5) is 0 Å². The Morgan fingerprint density at radius 1 is 1.37 bits per heavy atom. The normalized spacial score (nSPS) is 24.5. The molecule has 0 amide bonds. The molecule has 2 aromatic heterocycles. The third-order valence-electron chi connectivity index (χ3n) is 2.97. The van der Waals surface area contributed by atoms with Gasteiger partial charge in [-0.05, 0) is 20.0 Å². The molecule has 3 rings (SSSR count). The van der Waals surface area contributed by atoms with Gasteiger partial charge in [-0.3, -0.25) is 0 Å². The SMILES string of the molecule is C[C@@H]1CN(C)C[C@H](c2nc(-c3ccncn3)no2)O1. The highest BCUT2D eigenvalue weighted by Gasteiger charge is 2.28. The van der Waals surface area contributed by atoms with Crippen LogP contribution < -0.4 is 0 Å². The molecule has 0 saturated carbocycles. The van der Waals surface area contributed by atoms with Crippen molar-refractivity contribution in [3.05, 3.63) is 24.5 Å². The van der Waals surface area contributed by atoms with Crippen LogP contribution >= 0.6 is 0 Å². The Bertz CT molecular complexity index is 534. The van der Waals surface area contributed by atoms with Crippen molar-refractivity contribution in [1.82, 2.24) is 25.0 Å². The highest BCUT2D eigenvalue weighted by Crippen LogP contribution is 2.24. The molecule has 1 aliphatic rings. The Kier molecular flexibility index (Phi) is 3.22. The van der Waals surface area contributed by atoms with Gasteiger partial charge in [-0.15, -0.1) is 0 Å². The van der Waals surface area contributed by atoms with Crippen LogP contribution in [0.3, 0.4) is 0 Å². The van der Waals surface area contributed by atoms with Gasteiger partial charge in [0, 0.05) is 19.3 Å². The molecule has 1 saturated heterocycles. The molecular weight excluding hydrogens is 246 g/mol. The number of ether oxygens (including phenoxy) is 1. The minimum atomic E-state index is -0.183. The molecule has 0 spiro atoms. The molecule has 7 heteroatoms. The average Bonchev–Trinajstić information content (AvgIpc) is 2.88. The Morgan fingerprint density at radius 2 is 2.26 bits per heavy atom. The molecule has 3 heterocycles. The van der Waals surface area contributed by atoms with E-state index in [2.05, 4.69) is 25.0 Å². The van der Waals surface area contributed by atoms with Crippen molar-refractivity contribution < 1.29 is 9.26 Å². The van der Waals surface area contributed by atoms with Gasteiger partial charge in [-0.25, -0.2) is 9.97 Å². The zero-order chi connectivity index (χ0) is 13.2. The van der Waals surface area contributed by atoms with Gasteiger partial charge in [-0.2, -0.15) is 4.98 Å². The van der Waals surface area contributed by atoms with Gasteiger partial charge >= 0.3 is 0 Å². The Labute approximate surface area is 110 Å². The lowest BCUT2D eigenvalue weighted by atomic mass is 10.2. The summed E-state index contributed by atoms with van der Waals surface area (Å²) in [6.07, 6.45) is 3.07. The molecule has 0 aromatic carbocycles. The van der Waals surface area contributed by atoms with Crippen molar-refractivity contribution in [3.63, 3.8) is 0 Å². The van der Waals surface area contributed by atoms with Crippen molar-refractivity contribution in [2.24, 2.45) is 0 Å². The molecule has 0 radical (unpaired) electrons. The molecule has 0 N–H and O–H groups in total. The van der Waals surface area contributed by atoms with Crippen LogP contribution in [0.25, 0.3) is 11.5 Å². The first-order valence-corrected chi connectivity index (χ1v) is 6.16. The van der Waals surface area contributed by atoms with Crippen LogP contribution in [0.2, 0.25) is 0 Å². The van der Waals surface area contributed by atoms with Crippen LogP contribution in [-0.2, 0) is 4.74 Å². The highest BCUT2D eigenvalue weighted by molar-refractivity contribution is 5.46. The van der Waals surface area contributed by atoms with Crippen molar-refractivity contribution in [3.8, 4) is 11.5 Å². The van der Waals surface area contributed by atoms with Crippen LogP contribution in [0, 0.1) is 0 Å². The lowest BCUT2D eigenvalue weighted by molar-refractivity contribution is -0.0838. The summed E-state index contributed by atoms with van der Waals surface area (Å²) in [6.45, 7) is 3.68. The van der Waals surface area contributed by atoms with E-state index in [0.717, 1.165) is 13.1 Å². The standard InChI is InChI=1S/C12H15N5O2/c1-8-5-17(2)6-10(18-8)12-15-11(16-19-12)9-3-4-13-7-14-9/h3-4,7-8,10H,5-6H2,1-2H3/t8-,10-/m1/s1. The summed E-state index contributed by atoms with van der Waals surface area (Å²) in [7, 11) is 2.05. The van der Waals surface area contributed by atoms with E-state index in [9.17, 15) is 0 Å². The monoisotopic (exact) mass is 261 g/mol. The first-order valence-electron chi connectivity index (χ1n) is 6.16. The summed E-state index contributed by atoms with van der Waals surface area (Å²) in [4.78, 5) is 14.5. The number of aromatic nitrogens is 4. The second-order valence-corrected chi connectivity index (χ2v) is 4.71. The third-order valence-corrected chi connectivity index (χ3v) is 2.97. The van der Waals surface area contributed by atoms with Crippen LogP contribution in [-0.4, -0.2) is 51.2 Å². The maximum atomic E-state index is 5.82. The fourth-order valence-electron chi connectivity index (χ4n) is 2.19. The van der Waals surface area contributed by atoms with E-state index in [4.69, 9.17) is 9.26 Å². The first-order chi connectivity index (χ1) is 9.22. The summed E-state index contributed by atoms with van der Waals surface area (Å²) in [5.41, 5.74) is 0.641. The molecular formula is C12H15N5O2. The molecule has 7 nitrogen and oxygen atoms in total. The van der Waals surface area contributed by atoms with E-state index < -0.39 is 0 Å². The predicted octanol–water partition coefficient (Wildman–Crippen LogP) is 0.918. The molecule has 2 atom stereocenters. The maximum absolute atomic E-state index is 5.82. The Balaban J connectivity index is 1.81. The van der Waals surface area contributed by atoms with Crippen LogP contribution in [0.15, 0.2) is 23.1 Å². The molecule has 0 aliphatic carbocycles. The number of morpholine rings is 1. The molecule has 2 aromatic rings. The summed E-state index contributed by atoms with van der Waals surface area (Å²) in [5, 5.41) is 3.94. The lowest BCUT2D eigenvalue weighted by Crippen LogP contribution is -2.40. The lowest BCUT2D eigenvalue weighted by Gasteiger charge is -2.32. The summed E-state index contributed by atoms with van der Waals surface area (Å²) >= 11 is 0. The van der Waals surface area contributed by atoms with E-state index in [1.165, 1.54) is 6.33 Å². The van der Waals surface area contributed by atoms with Crippen molar-refractivity contribution in [2.45, 2.75) is 19.1 Å². The molecule has 1 aliphatic heterocycles. The van der Waals surface area contributed by atoms with E-state index in [1.54, 1.807) is 12.3 Å². The van der Waals surface area contributed by atoms with Crippen molar-refractivity contribution in [2.75, 3.05) is 20.1 Å². The quantitative estimate of drug-likeness (QED) is 0.795. The fraction of sp³-hybridized carbons (Fsp3) is 0.500. The zero-order valence-corrected chi connectivity index (χ0v) is 10.9. The Morgan fingerprint density at radius 3 is 3.00 bits per heavy atom. The Hall–Kier alpha value is -1.86. The second kappa shape index (κ2) is 5.02. The largest absolute Gasteiger partial charge is 0.363 e. The first kappa shape index (κ1) is 12.2. The van der Waals surface area contributed by atoms with E-state index in [1.807, 2.05) is 14.0 Å². The molecule has 0 bridgehead atoms. The third kappa shape index (κ3) is 2.61. The number of likely N-dealkylation sites (N-methyl/N-ethyl adjacent to an activating group) is 1. The van der Waals surface area contributed by atoms with Gasteiger partial charge < -0.3 is 14.2 Å². The second-order valence-electron chi connectivity index (χ2n) is 4.71. The minimum absolute atomic E-state index is 0.151. The summed E-state index contributed by atoms with van der Waals surface area (Å²) < 4.78 is 11.1. The average molecular weight is 261 g/mol.